The number of hydrogen-bond donors (Lipinski definition) is 15. The van der Waals surface area contributed by atoms with Crippen LogP contribution in [0.1, 0.15) is 174 Å². The van der Waals surface area contributed by atoms with Gasteiger partial charge in [0.2, 0.25) is 41.4 Å². The number of carboxylic acid groups (broad SMARTS) is 6. The lowest BCUT2D eigenvalue weighted by atomic mass is 10.0. The quantitative estimate of drug-likeness (QED) is 0.0345. The molecule has 0 saturated carbocycles. The Labute approximate surface area is 456 Å². The number of ketones is 1. The van der Waals surface area contributed by atoms with Gasteiger partial charge in [-0.15, -0.1) is 0 Å². The van der Waals surface area contributed by atoms with Crippen LogP contribution in [-0.4, -0.2) is 179 Å². The molecule has 79 heavy (non-hydrogen) atoms. The van der Waals surface area contributed by atoms with E-state index in [1.165, 1.54) is 6.92 Å². The van der Waals surface area contributed by atoms with Gasteiger partial charge in [-0.2, -0.15) is 0 Å². The van der Waals surface area contributed by atoms with Gasteiger partial charge in [-0.3, -0.25) is 43.2 Å². The van der Waals surface area contributed by atoms with E-state index in [0.29, 0.717) is 12.8 Å². The number of hydrogen-bond acceptors (Lipinski definition) is 16. The molecular weight excluding hydrogens is 1050 g/mol. The number of nitrogens with one attached hydrogen (secondary N) is 7. The van der Waals surface area contributed by atoms with Gasteiger partial charge >= 0.3 is 35.8 Å². The van der Waals surface area contributed by atoms with Crippen LogP contribution in [0.5, 0.6) is 0 Å². The summed E-state index contributed by atoms with van der Waals surface area (Å²) in [6.07, 6.45) is 8.56. The Morgan fingerprint density at radius 3 is 0.848 bits per heavy atom. The maximum atomic E-state index is 13.3. The monoisotopic (exact) mass is 1130 g/mol. The molecule has 0 aliphatic rings. The standard InChI is InChI=1S/C50H81N7O22/c1-30(60)18-19-32(47(72)73)52-40(63)26-22-35(50(78)79)56-46(71)37(29-59)57-44(69)31(23-27-43(67)68)55-45(70)36(28-58)54-41(64)25-21-34(49(76)77)53-39(62)24-20-33(48(74)75)51-38(61)16-14-12-10-8-6-4-2-3-5-7-9-11-13-15-17-42(65)66/h31-37,58-59H,2-29H2,1H3,(H,51,61)(H,52,63)(H,53,62)(H,54,64)(H,55,70)(H,56,71)(H,57,69)(H,65,66)(H,67,68)(H,72,73)(H,74,75)(H,76,77)(H,78,79)/t31-,32-,33-,34-,35-,36-,37-/m0/s1. The first kappa shape index (κ1) is 71.7. The van der Waals surface area contributed by atoms with E-state index in [0.717, 1.165) is 77.0 Å². The third-order valence-corrected chi connectivity index (χ3v) is 12.3. The largest absolute Gasteiger partial charge is 0.481 e. The SMILES string of the molecule is CC(=O)CC[C@H](NC(=O)CC[C@H](NC(=O)[C@H](CO)NC(=O)[C@H](CCC(=O)O)NC(=O)[C@H](CO)NC(=O)CC[C@H](NC(=O)CC[C@H](NC(=O)CCCCCCCCCCCCCCCCC(=O)O)C(=O)O)C(=O)O)C(=O)O)C(=O)O. The maximum Gasteiger partial charge on any atom is 0.326 e. The highest BCUT2D eigenvalue weighted by molar-refractivity contribution is 5.96. The fourth-order valence-corrected chi connectivity index (χ4v) is 7.69. The normalized spacial score (nSPS) is 13.6. The van der Waals surface area contributed by atoms with E-state index in [2.05, 4.69) is 26.6 Å². The Hall–Kier alpha value is -7.30. The minimum Gasteiger partial charge on any atom is -0.481 e. The molecule has 0 unspecified atom stereocenters. The second kappa shape index (κ2) is 41.8. The lowest BCUT2D eigenvalue weighted by molar-refractivity contribution is -0.144. The van der Waals surface area contributed by atoms with Crippen molar-refractivity contribution >= 4 is 82.9 Å². The third kappa shape index (κ3) is 35.7. The molecule has 29 nitrogen and oxygen atoms in total. The summed E-state index contributed by atoms with van der Waals surface area (Å²) in [5.41, 5.74) is 0. The lowest BCUT2D eigenvalue weighted by Gasteiger charge is -2.25. The maximum absolute atomic E-state index is 13.3. The number of aliphatic hydroxyl groups excluding tert-OH is 2. The van der Waals surface area contributed by atoms with E-state index in [1.807, 2.05) is 10.6 Å². The minimum atomic E-state index is -1.95. The van der Waals surface area contributed by atoms with Gasteiger partial charge < -0.3 is 82.9 Å². The Kier molecular flexibility index (Phi) is 37.9. The molecule has 0 spiro atoms. The van der Waals surface area contributed by atoms with Crippen LogP contribution in [-0.2, 0) is 67.1 Å². The molecule has 0 aromatic rings. The molecule has 7 atom stereocenters. The van der Waals surface area contributed by atoms with E-state index in [4.69, 9.17) is 5.11 Å². The van der Waals surface area contributed by atoms with Gasteiger partial charge in [0.05, 0.1) is 13.2 Å². The molecule has 15 N–H and O–H groups in total. The fraction of sp³-hybridized carbons (Fsp3) is 0.720. The number of carbonyl (C=O) groups is 14. The van der Waals surface area contributed by atoms with Crippen molar-refractivity contribution in [1.29, 1.82) is 0 Å². The summed E-state index contributed by atoms with van der Waals surface area (Å²) < 4.78 is 0. The van der Waals surface area contributed by atoms with E-state index in [9.17, 15) is 103 Å². The molecule has 0 saturated heterocycles. The van der Waals surface area contributed by atoms with Crippen LogP contribution in [0.25, 0.3) is 0 Å². The van der Waals surface area contributed by atoms with Gasteiger partial charge in [-0.1, -0.05) is 77.0 Å². The number of carbonyl (C=O) groups excluding carboxylic acids is 8. The average molecular weight is 1130 g/mol. The number of aliphatic hydroxyl groups is 2. The van der Waals surface area contributed by atoms with Crippen molar-refractivity contribution in [3.8, 4) is 0 Å². The number of unbranched alkanes of at least 4 members (excludes halogenated alkanes) is 13. The van der Waals surface area contributed by atoms with Gasteiger partial charge in [0, 0.05) is 44.9 Å². The topological polar surface area (TPSA) is 485 Å². The van der Waals surface area contributed by atoms with Crippen molar-refractivity contribution in [3.05, 3.63) is 0 Å². The number of aliphatic carboxylic acids is 6. The van der Waals surface area contributed by atoms with Crippen LogP contribution in [0.4, 0.5) is 0 Å². The summed E-state index contributed by atoms with van der Waals surface area (Å²) in [5, 5.41) is 90.9. The lowest BCUT2D eigenvalue weighted by Crippen LogP contribution is -2.59. The molecule has 0 aliphatic heterocycles. The Morgan fingerprint density at radius 2 is 0.519 bits per heavy atom. The zero-order valence-corrected chi connectivity index (χ0v) is 44.6. The average Bonchev–Trinajstić information content (AvgIpc) is 3.37. The molecule has 0 fully saturated rings. The van der Waals surface area contributed by atoms with E-state index < -0.39 is 184 Å². The Balaban J connectivity index is 5.16. The molecule has 448 valence electrons. The van der Waals surface area contributed by atoms with E-state index in [1.54, 1.807) is 0 Å². The van der Waals surface area contributed by atoms with Crippen LogP contribution in [0.15, 0.2) is 0 Å². The molecule has 0 bridgehead atoms. The molecule has 0 heterocycles. The van der Waals surface area contributed by atoms with Gasteiger partial charge in [-0.05, 0) is 51.9 Å². The van der Waals surface area contributed by atoms with Gasteiger partial charge in [0.15, 0.2) is 0 Å². The highest BCUT2D eigenvalue weighted by Crippen LogP contribution is 2.15. The van der Waals surface area contributed by atoms with Crippen molar-refractivity contribution in [3.63, 3.8) is 0 Å². The van der Waals surface area contributed by atoms with Crippen molar-refractivity contribution < 1.29 is 108 Å². The second-order valence-electron chi connectivity index (χ2n) is 19.0. The first-order valence-electron chi connectivity index (χ1n) is 26.5. The first-order chi connectivity index (χ1) is 37.3. The molecular formula is C50H81N7O22. The number of Topliss-reactive ketones (excluding diaryl/α,β-unsaturated/α-hetero) is 1. The summed E-state index contributed by atoms with van der Waals surface area (Å²) in [5.74, 6) is -16.2. The Bertz CT molecular complexity index is 2040. The molecule has 0 rings (SSSR count). The van der Waals surface area contributed by atoms with Gasteiger partial charge in [-0.25, -0.2) is 19.2 Å². The van der Waals surface area contributed by atoms with Gasteiger partial charge in [0.25, 0.3) is 0 Å². The van der Waals surface area contributed by atoms with Crippen LogP contribution in [0, 0.1) is 0 Å². The number of amides is 7. The predicted molar refractivity (Wildman–Crippen MR) is 274 cm³/mol. The van der Waals surface area contributed by atoms with Gasteiger partial charge in [0.1, 0.15) is 48.1 Å². The van der Waals surface area contributed by atoms with E-state index >= 15 is 0 Å². The number of carboxylic acids is 6. The number of rotatable bonds is 48. The summed E-state index contributed by atoms with van der Waals surface area (Å²) in [7, 11) is 0. The first-order valence-corrected chi connectivity index (χ1v) is 26.5. The molecule has 29 heteroatoms. The molecule has 0 radical (unpaired) electrons. The summed E-state index contributed by atoms with van der Waals surface area (Å²) in [6, 6.07) is -12.2. The molecule has 7 amide bonds. The second-order valence-corrected chi connectivity index (χ2v) is 19.0. The van der Waals surface area contributed by atoms with Crippen LogP contribution < -0.4 is 37.2 Å². The highest BCUT2D eigenvalue weighted by Gasteiger charge is 2.33. The van der Waals surface area contributed by atoms with Crippen LogP contribution >= 0.6 is 0 Å². The zero-order valence-electron chi connectivity index (χ0n) is 44.6. The predicted octanol–water partition coefficient (Wildman–Crippen LogP) is -0.396. The summed E-state index contributed by atoms with van der Waals surface area (Å²) in [4.78, 5) is 170. The smallest absolute Gasteiger partial charge is 0.326 e. The minimum absolute atomic E-state index is 0.0550. The van der Waals surface area contributed by atoms with Crippen molar-refractivity contribution in [2.75, 3.05) is 13.2 Å². The van der Waals surface area contributed by atoms with Crippen molar-refractivity contribution in [1.82, 2.24) is 37.2 Å². The Morgan fingerprint density at radius 1 is 0.278 bits per heavy atom. The molecule has 0 aromatic carbocycles. The highest BCUT2D eigenvalue weighted by atomic mass is 16.4. The van der Waals surface area contributed by atoms with E-state index in [-0.39, 0.29) is 31.5 Å². The molecule has 0 aromatic heterocycles. The zero-order chi connectivity index (χ0) is 59.9. The fourth-order valence-electron chi connectivity index (χ4n) is 7.69. The van der Waals surface area contributed by atoms with Crippen LogP contribution in [0.3, 0.4) is 0 Å². The third-order valence-electron chi connectivity index (χ3n) is 12.3. The molecule has 0 aliphatic carbocycles. The van der Waals surface area contributed by atoms with Crippen LogP contribution in [0.2, 0.25) is 0 Å². The summed E-state index contributed by atoms with van der Waals surface area (Å²) >= 11 is 0. The van der Waals surface area contributed by atoms with Crippen molar-refractivity contribution in [2.45, 2.75) is 216 Å². The summed E-state index contributed by atoms with van der Waals surface area (Å²) in [6.45, 7) is -1.13. The van der Waals surface area contributed by atoms with Crippen molar-refractivity contribution in [2.24, 2.45) is 0 Å².